The molecule has 1 unspecified atom stereocenters. The minimum Gasteiger partial charge on any atom is -0.478 e. The molecular weight excluding hydrogens is 268 g/mol. The average molecular weight is 284 g/mol. The monoisotopic (exact) mass is 284 g/mol. The lowest BCUT2D eigenvalue weighted by Gasteiger charge is -2.19. The van der Waals surface area contributed by atoms with Crippen LogP contribution in [-0.4, -0.2) is 27.1 Å². The van der Waals surface area contributed by atoms with Gasteiger partial charge in [0.2, 0.25) is 6.10 Å². The lowest BCUT2D eigenvalue weighted by molar-refractivity contribution is -0.145. The van der Waals surface area contributed by atoms with Gasteiger partial charge in [0.1, 0.15) is 5.75 Å². The van der Waals surface area contributed by atoms with E-state index in [-0.39, 0.29) is 6.42 Å². The minimum atomic E-state index is -0.984. The van der Waals surface area contributed by atoms with Gasteiger partial charge in [-0.3, -0.25) is 0 Å². The van der Waals surface area contributed by atoms with Gasteiger partial charge in [-0.05, 0) is 24.5 Å². The molecule has 2 N–H and O–H groups in total. The Bertz CT molecular complexity index is 662. The number of carboxylic acids is 1. The van der Waals surface area contributed by atoms with E-state index in [2.05, 4.69) is 22.1 Å². The van der Waals surface area contributed by atoms with Gasteiger partial charge in [0, 0.05) is 18.2 Å². The van der Waals surface area contributed by atoms with Crippen molar-refractivity contribution < 1.29 is 14.6 Å². The second-order valence-electron chi connectivity index (χ2n) is 4.97. The molecule has 2 aromatic rings. The maximum Gasteiger partial charge on any atom is 0.345 e. The van der Waals surface area contributed by atoms with E-state index in [1.54, 1.807) is 6.20 Å². The number of aliphatic carboxylic acids is 1. The van der Waals surface area contributed by atoms with E-state index in [0.717, 1.165) is 24.0 Å². The number of nitrogens with zero attached hydrogens (tertiary/aromatic N) is 1. The molecule has 5 nitrogen and oxygen atoms in total. The van der Waals surface area contributed by atoms with Crippen LogP contribution in [0.4, 0.5) is 0 Å². The summed E-state index contributed by atoms with van der Waals surface area (Å²) in [4.78, 5) is 18.3. The summed E-state index contributed by atoms with van der Waals surface area (Å²) < 4.78 is 5.76. The number of benzene rings is 1. The summed E-state index contributed by atoms with van der Waals surface area (Å²) in [6.07, 6.45) is 8.50. The van der Waals surface area contributed by atoms with Gasteiger partial charge in [-0.1, -0.05) is 24.3 Å². The molecule has 0 fully saturated rings. The molecule has 1 aliphatic rings. The Kier molecular flexibility index (Phi) is 3.73. The van der Waals surface area contributed by atoms with Gasteiger partial charge in [0.05, 0.1) is 12.0 Å². The second-order valence-corrected chi connectivity index (χ2v) is 4.97. The van der Waals surface area contributed by atoms with Crippen LogP contribution in [0.1, 0.15) is 23.2 Å². The Morgan fingerprint density at radius 3 is 3.14 bits per heavy atom. The third-order valence-corrected chi connectivity index (χ3v) is 3.52. The lowest BCUT2D eigenvalue weighted by Crippen LogP contribution is -2.30. The van der Waals surface area contributed by atoms with Crippen LogP contribution < -0.4 is 4.74 Å². The summed E-state index contributed by atoms with van der Waals surface area (Å²) in [5, 5.41) is 9.36. The molecule has 0 bridgehead atoms. The molecule has 1 aromatic carbocycles. The van der Waals surface area contributed by atoms with Crippen molar-refractivity contribution in [3.8, 4) is 5.75 Å². The predicted molar refractivity (Wildman–Crippen MR) is 78.1 cm³/mol. The van der Waals surface area contributed by atoms with Crippen molar-refractivity contribution in [1.29, 1.82) is 0 Å². The summed E-state index contributed by atoms with van der Waals surface area (Å²) in [5.74, 6) is -0.332. The van der Waals surface area contributed by atoms with Crippen LogP contribution in [-0.2, 0) is 17.6 Å². The molecule has 5 heteroatoms. The first-order valence-electron chi connectivity index (χ1n) is 6.89. The van der Waals surface area contributed by atoms with Crippen LogP contribution in [0.5, 0.6) is 5.75 Å². The second kappa shape index (κ2) is 5.83. The molecule has 21 heavy (non-hydrogen) atoms. The van der Waals surface area contributed by atoms with Crippen molar-refractivity contribution in [2.24, 2.45) is 0 Å². The molecule has 1 atom stereocenters. The molecular formula is C16H16N2O3. The number of fused-ring (bicyclic) bond motifs is 1. The molecule has 0 saturated heterocycles. The van der Waals surface area contributed by atoms with Crippen molar-refractivity contribution in [1.82, 2.24) is 9.97 Å². The first kappa shape index (κ1) is 13.4. The third kappa shape index (κ3) is 2.97. The number of allylic oxidation sites excluding steroid dienone is 1. The van der Waals surface area contributed by atoms with Crippen LogP contribution in [0.25, 0.3) is 6.08 Å². The zero-order chi connectivity index (χ0) is 14.7. The van der Waals surface area contributed by atoms with E-state index < -0.39 is 12.1 Å². The molecule has 0 radical (unpaired) electrons. The number of H-pyrrole nitrogens is 1. The Morgan fingerprint density at radius 2 is 2.38 bits per heavy atom. The summed E-state index contributed by atoms with van der Waals surface area (Å²) in [6.45, 7) is 0. The summed E-state index contributed by atoms with van der Waals surface area (Å²) >= 11 is 0. The van der Waals surface area contributed by atoms with Crippen molar-refractivity contribution in [2.75, 3.05) is 0 Å². The maximum atomic E-state index is 11.4. The van der Waals surface area contributed by atoms with E-state index in [9.17, 15) is 9.90 Å². The fraction of sp³-hybridized carbons (Fsp3) is 0.250. The normalized spacial score (nSPS) is 14.5. The first-order valence-corrected chi connectivity index (χ1v) is 6.89. The number of ether oxygens (including phenoxy) is 1. The number of rotatable bonds is 5. The topological polar surface area (TPSA) is 75.2 Å². The van der Waals surface area contributed by atoms with Crippen molar-refractivity contribution >= 4 is 12.0 Å². The van der Waals surface area contributed by atoms with E-state index in [1.807, 2.05) is 18.2 Å². The molecule has 0 spiro atoms. The van der Waals surface area contributed by atoms with E-state index >= 15 is 0 Å². The van der Waals surface area contributed by atoms with Crippen LogP contribution in [0, 0.1) is 0 Å². The number of hydrogen-bond acceptors (Lipinski definition) is 3. The Balaban J connectivity index is 1.83. The van der Waals surface area contributed by atoms with Gasteiger partial charge in [0.25, 0.3) is 0 Å². The van der Waals surface area contributed by atoms with Gasteiger partial charge in [-0.15, -0.1) is 0 Å². The summed E-state index contributed by atoms with van der Waals surface area (Å²) in [5.41, 5.74) is 2.85. The number of imidazole rings is 1. The SMILES string of the molecule is O=C(O)C(Cc1c[nH]cn1)Oc1cccc2c1CCC=C2. The van der Waals surface area contributed by atoms with Gasteiger partial charge in [-0.2, -0.15) is 0 Å². The number of aromatic nitrogens is 2. The molecule has 108 valence electrons. The van der Waals surface area contributed by atoms with Crippen molar-refractivity contribution in [2.45, 2.75) is 25.4 Å². The smallest absolute Gasteiger partial charge is 0.345 e. The molecule has 1 aromatic heterocycles. The Hall–Kier alpha value is -2.56. The van der Waals surface area contributed by atoms with Crippen LogP contribution in [0.3, 0.4) is 0 Å². The fourth-order valence-corrected chi connectivity index (χ4v) is 2.48. The Morgan fingerprint density at radius 1 is 1.48 bits per heavy atom. The zero-order valence-electron chi connectivity index (χ0n) is 11.5. The largest absolute Gasteiger partial charge is 0.478 e. The fourth-order valence-electron chi connectivity index (χ4n) is 2.48. The van der Waals surface area contributed by atoms with Crippen LogP contribution in [0.15, 0.2) is 36.8 Å². The molecule has 1 aliphatic carbocycles. The zero-order valence-corrected chi connectivity index (χ0v) is 11.5. The van der Waals surface area contributed by atoms with E-state index in [0.29, 0.717) is 11.4 Å². The summed E-state index contributed by atoms with van der Waals surface area (Å²) in [6, 6.07) is 5.73. The number of aromatic amines is 1. The average Bonchev–Trinajstić information content (AvgIpc) is 3.00. The highest BCUT2D eigenvalue weighted by Crippen LogP contribution is 2.29. The maximum absolute atomic E-state index is 11.4. The molecule has 0 aliphatic heterocycles. The number of carbonyl (C=O) groups is 1. The first-order chi connectivity index (χ1) is 10.2. The molecule has 0 amide bonds. The molecule has 3 rings (SSSR count). The van der Waals surface area contributed by atoms with E-state index in [4.69, 9.17) is 4.74 Å². The predicted octanol–water partition coefficient (Wildman–Crippen LogP) is 2.44. The third-order valence-electron chi connectivity index (χ3n) is 3.52. The van der Waals surface area contributed by atoms with E-state index in [1.165, 1.54) is 6.33 Å². The highest BCUT2D eigenvalue weighted by molar-refractivity contribution is 5.73. The number of carboxylic acid groups (broad SMARTS) is 1. The van der Waals surface area contributed by atoms with Gasteiger partial charge in [-0.25, -0.2) is 9.78 Å². The molecule has 0 saturated carbocycles. The molecule has 1 heterocycles. The van der Waals surface area contributed by atoms with Gasteiger partial charge < -0.3 is 14.8 Å². The minimum absolute atomic E-state index is 0.234. The Labute approximate surface area is 122 Å². The van der Waals surface area contributed by atoms with Crippen molar-refractivity contribution in [3.63, 3.8) is 0 Å². The highest BCUT2D eigenvalue weighted by Gasteiger charge is 2.23. The van der Waals surface area contributed by atoms with Gasteiger partial charge in [0.15, 0.2) is 0 Å². The highest BCUT2D eigenvalue weighted by atomic mass is 16.5. The number of hydrogen-bond donors (Lipinski definition) is 2. The van der Waals surface area contributed by atoms with Crippen LogP contribution >= 0.6 is 0 Å². The lowest BCUT2D eigenvalue weighted by atomic mass is 9.96. The standard InChI is InChI=1S/C16H16N2O3/c19-16(20)15(8-12-9-17-10-18-12)21-14-7-3-5-11-4-1-2-6-13(11)14/h1,3-5,7,9-10,15H,2,6,8H2,(H,17,18)(H,19,20). The number of nitrogens with one attached hydrogen (secondary N) is 1. The van der Waals surface area contributed by atoms with Crippen molar-refractivity contribution in [3.05, 3.63) is 53.6 Å². The van der Waals surface area contributed by atoms with Gasteiger partial charge >= 0.3 is 5.97 Å². The van der Waals surface area contributed by atoms with Crippen LogP contribution in [0.2, 0.25) is 0 Å². The summed E-state index contributed by atoms with van der Waals surface area (Å²) in [7, 11) is 0. The quantitative estimate of drug-likeness (QED) is 0.884.